The third kappa shape index (κ3) is 2.96. The predicted molar refractivity (Wildman–Crippen MR) is 65.7 cm³/mol. The van der Waals surface area contributed by atoms with Crippen molar-refractivity contribution in [2.24, 2.45) is 0 Å². The van der Waals surface area contributed by atoms with Crippen molar-refractivity contribution in [2.75, 3.05) is 13.7 Å². The van der Waals surface area contributed by atoms with Crippen LogP contribution in [-0.2, 0) is 5.54 Å². The smallest absolute Gasteiger partial charge is 0.132 e. The fraction of sp³-hybridized carbons (Fsp3) is 0.538. The monoisotopic (exact) mass is 241 g/mol. The lowest BCUT2D eigenvalue weighted by atomic mass is 9.90. The summed E-state index contributed by atoms with van der Waals surface area (Å²) < 4.78 is 19.1. The maximum Gasteiger partial charge on any atom is 0.132 e. The molecule has 1 rings (SSSR count). The van der Waals surface area contributed by atoms with Crippen molar-refractivity contribution in [2.45, 2.75) is 32.4 Å². The van der Waals surface area contributed by atoms with E-state index in [4.69, 9.17) is 4.74 Å². The van der Waals surface area contributed by atoms with Crippen LogP contribution in [-0.4, -0.2) is 24.9 Å². The summed E-state index contributed by atoms with van der Waals surface area (Å²) in [6, 6.07) is 4.77. The first-order chi connectivity index (χ1) is 7.94. The molecule has 0 aliphatic rings. The summed E-state index contributed by atoms with van der Waals surface area (Å²) in [5, 5.41) is 12.7. The first-order valence-electron chi connectivity index (χ1n) is 5.66. The Bertz CT molecular complexity index is 382. The number of benzene rings is 1. The Hall–Kier alpha value is -1.13. The summed E-state index contributed by atoms with van der Waals surface area (Å²) in [5.74, 6) is 0.0590. The number of hydrogen-bond donors (Lipinski definition) is 2. The largest absolute Gasteiger partial charge is 0.496 e. The van der Waals surface area contributed by atoms with Crippen LogP contribution < -0.4 is 10.1 Å². The molecule has 4 heteroatoms. The Morgan fingerprint density at radius 2 is 2.12 bits per heavy atom. The van der Waals surface area contributed by atoms with Gasteiger partial charge in [0.15, 0.2) is 0 Å². The molecule has 0 aliphatic carbocycles. The number of aliphatic hydroxyl groups excluding tert-OH is 1. The number of aliphatic hydroxyl groups is 1. The fourth-order valence-electron chi connectivity index (χ4n) is 2.04. The molecule has 1 unspecified atom stereocenters. The maximum absolute atomic E-state index is 13.9. The molecule has 1 aromatic carbocycles. The highest BCUT2D eigenvalue weighted by Crippen LogP contribution is 2.32. The van der Waals surface area contributed by atoms with E-state index in [1.165, 1.54) is 13.2 Å². The van der Waals surface area contributed by atoms with Crippen molar-refractivity contribution in [3.05, 3.63) is 29.6 Å². The molecular formula is C13H20FNO2. The zero-order chi connectivity index (χ0) is 13.1. The third-order valence-electron chi connectivity index (χ3n) is 2.67. The Labute approximate surface area is 102 Å². The van der Waals surface area contributed by atoms with E-state index in [9.17, 15) is 9.50 Å². The van der Waals surface area contributed by atoms with Crippen LogP contribution in [0, 0.1) is 5.82 Å². The normalized spacial score (nSPS) is 14.8. The number of methoxy groups -OCH3 is 1. The van der Waals surface area contributed by atoms with Crippen molar-refractivity contribution >= 4 is 0 Å². The molecule has 17 heavy (non-hydrogen) atoms. The van der Waals surface area contributed by atoms with Gasteiger partial charge in [-0.05, 0) is 32.9 Å². The maximum atomic E-state index is 13.9. The molecule has 0 bridgehead atoms. The van der Waals surface area contributed by atoms with Crippen LogP contribution in [0.25, 0.3) is 0 Å². The van der Waals surface area contributed by atoms with Gasteiger partial charge in [0.05, 0.1) is 24.8 Å². The van der Waals surface area contributed by atoms with Gasteiger partial charge in [0.2, 0.25) is 0 Å². The van der Waals surface area contributed by atoms with E-state index in [2.05, 4.69) is 5.32 Å². The highest BCUT2D eigenvalue weighted by Gasteiger charge is 2.32. The lowest BCUT2D eigenvalue weighted by Gasteiger charge is -2.33. The molecular weight excluding hydrogens is 221 g/mol. The minimum Gasteiger partial charge on any atom is -0.496 e. The minimum absolute atomic E-state index is 0.122. The molecule has 0 spiro atoms. The summed E-state index contributed by atoms with van der Waals surface area (Å²) >= 11 is 0. The van der Waals surface area contributed by atoms with Gasteiger partial charge in [0.25, 0.3) is 0 Å². The van der Waals surface area contributed by atoms with Gasteiger partial charge in [-0.2, -0.15) is 0 Å². The van der Waals surface area contributed by atoms with Crippen LogP contribution in [0.2, 0.25) is 0 Å². The van der Waals surface area contributed by atoms with E-state index in [-0.39, 0.29) is 18.5 Å². The molecule has 1 aromatic rings. The molecule has 0 aromatic heterocycles. The zero-order valence-corrected chi connectivity index (χ0v) is 10.7. The number of nitrogens with one attached hydrogen (secondary N) is 1. The highest BCUT2D eigenvalue weighted by molar-refractivity contribution is 5.40. The fourth-order valence-corrected chi connectivity index (χ4v) is 2.04. The van der Waals surface area contributed by atoms with Gasteiger partial charge in [-0.3, -0.25) is 0 Å². The molecule has 1 atom stereocenters. The van der Waals surface area contributed by atoms with Crippen LogP contribution in [0.4, 0.5) is 4.39 Å². The molecule has 0 saturated heterocycles. The molecule has 0 saturated carbocycles. The van der Waals surface area contributed by atoms with E-state index in [1.807, 2.05) is 13.8 Å². The van der Waals surface area contributed by atoms with Crippen LogP contribution >= 0.6 is 0 Å². The van der Waals surface area contributed by atoms with Crippen molar-refractivity contribution in [1.29, 1.82) is 0 Å². The van der Waals surface area contributed by atoms with Crippen LogP contribution in [0.1, 0.15) is 26.3 Å². The topological polar surface area (TPSA) is 41.5 Å². The van der Waals surface area contributed by atoms with Crippen molar-refractivity contribution in [3.63, 3.8) is 0 Å². The lowest BCUT2D eigenvalue weighted by molar-refractivity contribution is 0.159. The van der Waals surface area contributed by atoms with Gasteiger partial charge >= 0.3 is 0 Å². The SMILES string of the molecule is COc1cccc(F)c1C(C)(CO)NC(C)C. The van der Waals surface area contributed by atoms with E-state index >= 15 is 0 Å². The number of ether oxygens (including phenoxy) is 1. The van der Waals surface area contributed by atoms with E-state index < -0.39 is 5.54 Å². The van der Waals surface area contributed by atoms with Gasteiger partial charge < -0.3 is 15.2 Å². The Balaban J connectivity index is 3.27. The Morgan fingerprint density at radius 1 is 1.47 bits per heavy atom. The molecule has 0 heterocycles. The summed E-state index contributed by atoms with van der Waals surface area (Å²) in [7, 11) is 1.49. The zero-order valence-electron chi connectivity index (χ0n) is 10.7. The lowest BCUT2D eigenvalue weighted by Crippen LogP contribution is -2.47. The summed E-state index contributed by atoms with van der Waals surface area (Å²) in [5.41, 5.74) is -0.496. The van der Waals surface area contributed by atoms with Crippen LogP contribution in [0.15, 0.2) is 18.2 Å². The molecule has 2 N–H and O–H groups in total. The molecule has 96 valence electrons. The number of hydrogen-bond acceptors (Lipinski definition) is 3. The first-order valence-corrected chi connectivity index (χ1v) is 5.66. The first kappa shape index (κ1) is 13.9. The molecule has 0 aliphatic heterocycles. The van der Waals surface area contributed by atoms with Gasteiger partial charge in [-0.15, -0.1) is 0 Å². The van der Waals surface area contributed by atoms with Crippen LogP contribution in [0.5, 0.6) is 5.75 Å². The summed E-state index contributed by atoms with van der Waals surface area (Å²) in [4.78, 5) is 0. The Morgan fingerprint density at radius 3 is 2.59 bits per heavy atom. The standard InChI is InChI=1S/C13H20FNO2/c1-9(2)15-13(3,8-16)12-10(14)6-5-7-11(12)17-4/h5-7,9,15-16H,8H2,1-4H3. The molecule has 0 radical (unpaired) electrons. The minimum atomic E-state index is -0.856. The highest BCUT2D eigenvalue weighted by atomic mass is 19.1. The second-order valence-electron chi connectivity index (χ2n) is 4.61. The van der Waals surface area contributed by atoms with Crippen molar-refractivity contribution in [3.8, 4) is 5.75 Å². The van der Waals surface area contributed by atoms with Crippen molar-refractivity contribution in [1.82, 2.24) is 5.32 Å². The number of rotatable bonds is 5. The average molecular weight is 241 g/mol. The van der Waals surface area contributed by atoms with Gasteiger partial charge in [-0.25, -0.2) is 4.39 Å². The van der Waals surface area contributed by atoms with Gasteiger partial charge in [0.1, 0.15) is 11.6 Å². The predicted octanol–water partition coefficient (Wildman–Crippen LogP) is 2.04. The quantitative estimate of drug-likeness (QED) is 0.829. The summed E-state index contributed by atoms with van der Waals surface area (Å²) in [6.07, 6.45) is 0. The van der Waals surface area contributed by atoms with Crippen molar-refractivity contribution < 1.29 is 14.2 Å². The van der Waals surface area contributed by atoms with Gasteiger partial charge in [-0.1, -0.05) is 6.07 Å². The van der Waals surface area contributed by atoms with E-state index in [0.29, 0.717) is 11.3 Å². The number of halogens is 1. The second-order valence-corrected chi connectivity index (χ2v) is 4.61. The molecule has 0 amide bonds. The Kier molecular flexibility index (Phi) is 4.48. The van der Waals surface area contributed by atoms with Gasteiger partial charge in [0, 0.05) is 6.04 Å². The van der Waals surface area contributed by atoms with E-state index in [0.717, 1.165) is 0 Å². The second kappa shape index (κ2) is 5.47. The van der Waals surface area contributed by atoms with E-state index in [1.54, 1.807) is 19.1 Å². The summed E-state index contributed by atoms with van der Waals surface area (Å²) in [6.45, 7) is 5.44. The third-order valence-corrected chi connectivity index (χ3v) is 2.67. The molecule has 0 fully saturated rings. The molecule has 3 nitrogen and oxygen atoms in total. The van der Waals surface area contributed by atoms with Crippen LogP contribution in [0.3, 0.4) is 0 Å². The average Bonchev–Trinajstić information content (AvgIpc) is 2.27.